The molecular formula is C20H23N5O. The van der Waals surface area contributed by atoms with E-state index in [9.17, 15) is 10.1 Å². The summed E-state index contributed by atoms with van der Waals surface area (Å²) in [6.07, 6.45) is 1.57. The highest BCUT2D eigenvalue weighted by atomic mass is 16.1. The summed E-state index contributed by atoms with van der Waals surface area (Å²) in [6, 6.07) is 11.8. The number of hydrogen-bond donors (Lipinski definition) is 0. The number of likely N-dealkylation sites (N-methyl/N-ethyl adjacent to an activating group) is 1. The molecule has 1 unspecified atom stereocenters. The lowest BCUT2D eigenvalue weighted by molar-refractivity contribution is 0.0943. The maximum Gasteiger partial charge on any atom is 0.187 e. The summed E-state index contributed by atoms with van der Waals surface area (Å²) in [6.45, 7) is 8.17. The SMILES string of the molecule is CCN(CC)CCN1CC(C#N)C(=O)c2cnc(-c3ccccc3)nc21. The molecule has 0 bridgehead atoms. The van der Waals surface area contributed by atoms with E-state index in [-0.39, 0.29) is 5.78 Å². The Morgan fingerprint density at radius 3 is 2.65 bits per heavy atom. The third-order valence-electron chi connectivity index (χ3n) is 4.82. The van der Waals surface area contributed by atoms with Crippen LogP contribution < -0.4 is 4.90 Å². The molecule has 0 radical (unpaired) electrons. The van der Waals surface area contributed by atoms with Crippen LogP contribution in [-0.2, 0) is 0 Å². The molecule has 0 N–H and O–H groups in total. The third-order valence-corrected chi connectivity index (χ3v) is 4.82. The second-order valence-corrected chi connectivity index (χ2v) is 6.32. The average molecular weight is 349 g/mol. The topological polar surface area (TPSA) is 73.1 Å². The second kappa shape index (κ2) is 8.07. The van der Waals surface area contributed by atoms with Gasteiger partial charge in [-0.25, -0.2) is 9.97 Å². The summed E-state index contributed by atoms with van der Waals surface area (Å²) in [5.41, 5.74) is 1.36. The molecule has 6 heteroatoms. The molecule has 6 nitrogen and oxygen atoms in total. The molecule has 134 valence electrons. The van der Waals surface area contributed by atoms with Crippen molar-refractivity contribution in [3.05, 3.63) is 42.1 Å². The van der Waals surface area contributed by atoms with Crippen LogP contribution in [0.25, 0.3) is 11.4 Å². The van der Waals surface area contributed by atoms with E-state index in [1.807, 2.05) is 30.3 Å². The molecule has 0 saturated heterocycles. The van der Waals surface area contributed by atoms with Gasteiger partial charge < -0.3 is 9.80 Å². The molecule has 0 amide bonds. The Balaban J connectivity index is 1.95. The van der Waals surface area contributed by atoms with Crippen LogP contribution in [0.3, 0.4) is 0 Å². The number of rotatable bonds is 6. The largest absolute Gasteiger partial charge is 0.353 e. The Labute approximate surface area is 154 Å². The van der Waals surface area contributed by atoms with E-state index in [1.54, 1.807) is 6.20 Å². The van der Waals surface area contributed by atoms with Crippen LogP contribution in [0.2, 0.25) is 0 Å². The average Bonchev–Trinajstić information content (AvgIpc) is 2.70. The van der Waals surface area contributed by atoms with Gasteiger partial charge in [0.15, 0.2) is 11.6 Å². The van der Waals surface area contributed by atoms with Crippen LogP contribution in [0.5, 0.6) is 0 Å². The Morgan fingerprint density at radius 2 is 2.00 bits per heavy atom. The summed E-state index contributed by atoms with van der Waals surface area (Å²) in [5, 5.41) is 9.36. The van der Waals surface area contributed by atoms with Crippen molar-refractivity contribution in [2.24, 2.45) is 5.92 Å². The Bertz CT molecular complexity index is 811. The summed E-state index contributed by atoms with van der Waals surface area (Å²) in [5.74, 6) is 0.398. The lowest BCUT2D eigenvalue weighted by Gasteiger charge is -2.33. The van der Waals surface area contributed by atoms with Crippen LogP contribution >= 0.6 is 0 Å². The molecule has 1 aliphatic heterocycles. The van der Waals surface area contributed by atoms with Crippen LogP contribution in [0.15, 0.2) is 36.5 Å². The molecule has 1 aromatic carbocycles. The fourth-order valence-corrected chi connectivity index (χ4v) is 3.19. The highest BCUT2D eigenvalue weighted by Gasteiger charge is 2.33. The number of nitriles is 1. The number of anilines is 1. The number of nitrogens with zero attached hydrogens (tertiary/aromatic N) is 5. The minimum Gasteiger partial charge on any atom is -0.353 e. The smallest absolute Gasteiger partial charge is 0.187 e. The number of benzene rings is 1. The van der Waals surface area contributed by atoms with Gasteiger partial charge >= 0.3 is 0 Å². The second-order valence-electron chi connectivity index (χ2n) is 6.32. The summed E-state index contributed by atoms with van der Waals surface area (Å²) in [4.78, 5) is 26.0. The third kappa shape index (κ3) is 3.58. The maximum atomic E-state index is 12.6. The molecule has 1 aromatic heterocycles. The first-order chi connectivity index (χ1) is 12.7. The first kappa shape index (κ1) is 18.0. The van der Waals surface area contributed by atoms with Crippen molar-refractivity contribution in [1.82, 2.24) is 14.9 Å². The fourth-order valence-electron chi connectivity index (χ4n) is 3.19. The van der Waals surface area contributed by atoms with E-state index in [2.05, 4.69) is 39.7 Å². The normalized spacial score (nSPS) is 16.5. The predicted molar refractivity (Wildman–Crippen MR) is 101 cm³/mol. The first-order valence-corrected chi connectivity index (χ1v) is 9.01. The van der Waals surface area contributed by atoms with Crippen LogP contribution in [-0.4, -0.2) is 53.4 Å². The van der Waals surface area contributed by atoms with Crippen molar-refractivity contribution < 1.29 is 4.79 Å². The van der Waals surface area contributed by atoms with Gasteiger partial charge in [0.05, 0.1) is 11.6 Å². The standard InChI is InChI=1S/C20H23N5O/c1-3-24(4-2)10-11-25-14-16(12-21)18(26)17-13-22-19(23-20(17)25)15-8-6-5-7-9-15/h5-9,13,16H,3-4,10-11,14H2,1-2H3. The zero-order valence-corrected chi connectivity index (χ0v) is 15.2. The maximum absolute atomic E-state index is 12.6. The zero-order chi connectivity index (χ0) is 18.5. The first-order valence-electron chi connectivity index (χ1n) is 9.01. The van der Waals surface area contributed by atoms with E-state index in [0.29, 0.717) is 23.8 Å². The van der Waals surface area contributed by atoms with Crippen molar-refractivity contribution in [2.75, 3.05) is 37.6 Å². The van der Waals surface area contributed by atoms with Crippen molar-refractivity contribution in [2.45, 2.75) is 13.8 Å². The van der Waals surface area contributed by atoms with Crippen LogP contribution in [0, 0.1) is 17.2 Å². The quantitative estimate of drug-likeness (QED) is 0.798. The van der Waals surface area contributed by atoms with E-state index in [1.165, 1.54) is 0 Å². The Morgan fingerprint density at radius 1 is 1.27 bits per heavy atom. The molecule has 0 aliphatic carbocycles. The molecule has 0 spiro atoms. The predicted octanol–water partition coefficient (Wildman–Crippen LogP) is 2.63. The molecule has 0 saturated carbocycles. The minimum atomic E-state index is -0.662. The van der Waals surface area contributed by atoms with Gasteiger partial charge in [0.2, 0.25) is 0 Å². The molecular weight excluding hydrogens is 326 g/mol. The monoisotopic (exact) mass is 349 g/mol. The van der Waals surface area contributed by atoms with Crippen LogP contribution in [0.1, 0.15) is 24.2 Å². The molecule has 0 fully saturated rings. The molecule has 2 heterocycles. The summed E-state index contributed by atoms with van der Waals surface area (Å²) < 4.78 is 0. The van der Waals surface area contributed by atoms with Gasteiger partial charge in [-0.1, -0.05) is 44.2 Å². The lowest BCUT2D eigenvalue weighted by Crippen LogP contribution is -2.43. The van der Waals surface area contributed by atoms with Crippen molar-refractivity contribution >= 4 is 11.6 Å². The molecule has 3 rings (SSSR count). The number of ketones is 1. The Hall–Kier alpha value is -2.78. The molecule has 1 aliphatic rings. The molecule has 26 heavy (non-hydrogen) atoms. The molecule has 1 atom stereocenters. The van der Waals surface area contributed by atoms with Gasteiger partial charge in [-0.05, 0) is 13.1 Å². The van der Waals surface area contributed by atoms with E-state index in [0.717, 1.165) is 31.7 Å². The lowest BCUT2D eigenvalue weighted by atomic mass is 9.95. The van der Waals surface area contributed by atoms with Gasteiger partial charge in [-0.3, -0.25) is 4.79 Å². The van der Waals surface area contributed by atoms with E-state index >= 15 is 0 Å². The minimum absolute atomic E-state index is 0.179. The van der Waals surface area contributed by atoms with Gasteiger partial charge in [0, 0.05) is 31.4 Å². The van der Waals surface area contributed by atoms with E-state index in [4.69, 9.17) is 0 Å². The fraction of sp³-hybridized carbons (Fsp3) is 0.400. The van der Waals surface area contributed by atoms with Gasteiger partial charge in [-0.2, -0.15) is 5.26 Å². The zero-order valence-electron chi connectivity index (χ0n) is 15.2. The highest BCUT2D eigenvalue weighted by molar-refractivity contribution is 6.05. The Kier molecular flexibility index (Phi) is 5.59. The number of carbonyl (C=O) groups excluding carboxylic acids is 1. The van der Waals surface area contributed by atoms with Gasteiger partial charge in [-0.15, -0.1) is 0 Å². The highest BCUT2D eigenvalue weighted by Crippen LogP contribution is 2.29. The van der Waals surface area contributed by atoms with Gasteiger partial charge in [0.1, 0.15) is 11.7 Å². The number of hydrogen-bond acceptors (Lipinski definition) is 6. The van der Waals surface area contributed by atoms with Crippen molar-refractivity contribution in [3.8, 4) is 17.5 Å². The summed E-state index contributed by atoms with van der Waals surface area (Å²) >= 11 is 0. The number of Topliss-reactive ketones (excluding diaryl/α,β-unsaturated/α-hetero) is 1. The van der Waals surface area contributed by atoms with Crippen molar-refractivity contribution in [3.63, 3.8) is 0 Å². The number of fused-ring (bicyclic) bond motifs is 1. The number of aromatic nitrogens is 2. The molecule has 2 aromatic rings. The van der Waals surface area contributed by atoms with Crippen LogP contribution in [0.4, 0.5) is 5.82 Å². The van der Waals surface area contributed by atoms with E-state index < -0.39 is 5.92 Å². The van der Waals surface area contributed by atoms with Crippen molar-refractivity contribution in [1.29, 1.82) is 5.26 Å². The van der Waals surface area contributed by atoms with Gasteiger partial charge in [0.25, 0.3) is 0 Å². The number of carbonyl (C=O) groups is 1. The summed E-state index contributed by atoms with van der Waals surface area (Å²) in [7, 11) is 0.